The van der Waals surface area contributed by atoms with Crippen molar-refractivity contribution >= 4 is 29.0 Å². The summed E-state index contributed by atoms with van der Waals surface area (Å²) >= 11 is 12.0. The fraction of sp³-hybridized carbons (Fsp3) is 0.211. The lowest BCUT2D eigenvalue weighted by atomic mass is 10.1. The Morgan fingerprint density at radius 1 is 1.12 bits per heavy atom. The van der Waals surface area contributed by atoms with E-state index in [1.54, 1.807) is 16.7 Å². The van der Waals surface area contributed by atoms with E-state index in [-0.39, 0.29) is 29.0 Å². The van der Waals surface area contributed by atoms with Crippen LogP contribution >= 0.6 is 23.2 Å². The van der Waals surface area contributed by atoms with E-state index >= 15 is 0 Å². The van der Waals surface area contributed by atoms with Gasteiger partial charge < -0.3 is 0 Å². The second kappa shape index (κ2) is 6.74. The summed E-state index contributed by atoms with van der Waals surface area (Å²) in [4.78, 5) is 25.5. The van der Waals surface area contributed by atoms with Crippen LogP contribution in [0.3, 0.4) is 0 Å². The monoisotopic (exact) mass is 387 g/mol. The van der Waals surface area contributed by atoms with E-state index < -0.39 is 0 Å². The Morgan fingerprint density at radius 3 is 2.50 bits per heavy atom. The number of Topliss-reactive ketones (excluding diaryl/α,β-unsaturated/α-hetero) is 1. The molecule has 1 heterocycles. The molecule has 132 valence electrons. The highest BCUT2D eigenvalue weighted by atomic mass is 35.5. The number of halogens is 2. The van der Waals surface area contributed by atoms with Gasteiger partial charge in [-0.15, -0.1) is 0 Å². The second-order valence-electron chi connectivity index (χ2n) is 6.29. The Morgan fingerprint density at radius 2 is 1.85 bits per heavy atom. The molecule has 0 atom stereocenters. The molecule has 0 N–H and O–H groups in total. The molecule has 1 fully saturated rings. The first-order chi connectivity index (χ1) is 12.5. The summed E-state index contributed by atoms with van der Waals surface area (Å²) < 4.78 is 2.81. The highest BCUT2D eigenvalue weighted by molar-refractivity contribution is 6.36. The first-order valence-corrected chi connectivity index (χ1v) is 9.03. The predicted octanol–water partition coefficient (Wildman–Crippen LogP) is 4.10. The molecule has 0 aliphatic heterocycles. The molecule has 0 saturated heterocycles. The standard InChI is InChI=1S/C19H15Cl2N3O2/c20-13-8-9-15(16(21)10-13)17(25)11-23-19(26)24(14-4-2-1-3-5-14)18(22-23)12-6-7-12/h1-5,8-10,12H,6-7,11H2. The van der Waals surface area contributed by atoms with Gasteiger partial charge in [-0.1, -0.05) is 41.4 Å². The average Bonchev–Trinajstić information content (AvgIpc) is 3.41. The summed E-state index contributed by atoms with van der Waals surface area (Å²) in [6, 6.07) is 14.0. The predicted molar refractivity (Wildman–Crippen MR) is 101 cm³/mol. The van der Waals surface area contributed by atoms with Gasteiger partial charge in [0.15, 0.2) is 5.78 Å². The number of benzene rings is 2. The maximum absolute atomic E-state index is 12.9. The van der Waals surface area contributed by atoms with Gasteiger partial charge in [-0.2, -0.15) is 5.10 Å². The first-order valence-electron chi connectivity index (χ1n) is 8.28. The molecule has 1 aromatic heterocycles. The maximum Gasteiger partial charge on any atom is 0.351 e. The summed E-state index contributed by atoms with van der Waals surface area (Å²) in [5.41, 5.74) is 0.754. The summed E-state index contributed by atoms with van der Waals surface area (Å²) in [6.07, 6.45) is 2.00. The zero-order valence-electron chi connectivity index (χ0n) is 13.7. The van der Waals surface area contributed by atoms with Gasteiger partial charge in [0.05, 0.1) is 10.7 Å². The van der Waals surface area contributed by atoms with Crippen LogP contribution in [0.1, 0.15) is 34.9 Å². The lowest BCUT2D eigenvalue weighted by Gasteiger charge is -2.04. The molecule has 26 heavy (non-hydrogen) atoms. The molecular weight excluding hydrogens is 373 g/mol. The molecule has 7 heteroatoms. The SMILES string of the molecule is O=C(Cn1nc(C2CC2)n(-c2ccccc2)c1=O)c1ccc(Cl)cc1Cl. The normalized spacial score (nSPS) is 13.8. The van der Waals surface area contributed by atoms with Crippen LogP contribution in [0.25, 0.3) is 5.69 Å². The Balaban J connectivity index is 1.71. The highest BCUT2D eigenvalue weighted by Crippen LogP contribution is 2.39. The molecule has 0 radical (unpaired) electrons. The molecule has 0 unspecified atom stereocenters. The molecule has 4 rings (SSSR count). The Labute approximate surface area is 159 Å². The van der Waals surface area contributed by atoms with E-state index in [4.69, 9.17) is 23.2 Å². The quantitative estimate of drug-likeness (QED) is 0.619. The zero-order chi connectivity index (χ0) is 18.3. The largest absolute Gasteiger partial charge is 0.351 e. The Bertz CT molecular complexity index is 1040. The molecule has 1 saturated carbocycles. The van der Waals surface area contributed by atoms with E-state index in [1.165, 1.54) is 10.7 Å². The van der Waals surface area contributed by atoms with Crippen LogP contribution in [0.5, 0.6) is 0 Å². The van der Waals surface area contributed by atoms with Crippen LogP contribution in [-0.2, 0) is 6.54 Å². The number of aromatic nitrogens is 3. The van der Waals surface area contributed by atoms with Crippen LogP contribution in [0.4, 0.5) is 0 Å². The van der Waals surface area contributed by atoms with Gasteiger partial charge in [-0.25, -0.2) is 14.0 Å². The fourth-order valence-corrected chi connectivity index (χ4v) is 3.40. The van der Waals surface area contributed by atoms with Crippen molar-refractivity contribution in [3.63, 3.8) is 0 Å². The third-order valence-corrected chi connectivity index (χ3v) is 4.89. The van der Waals surface area contributed by atoms with Gasteiger partial charge in [-0.3, -0.25) is 4.79 Å². The van der Waals surface area contributed by atoms with Crippen molar-refractivity contribution in [3.05, 3.63) is 80.4 Å². The average molecular weight is 388 g/mol. The van der Waals surface area contributed by atoms with Crippen LogP contribution in [-0.4, -0.2) is 20.1 Å². The summed E-state index contributed by atoms with van der Waals surface area (Å²) in [6.45, 7) is -0.167. The fourth-order valence-electron chi connectivity index (χ4n) is 2.89. The third kappa shape index (κ3) is 3.20. The van der Waals surface area contributed by atoms with Gasteiger partial charge in [0.25, 0.3) is 0 Å². The number of ketones is 1. The number of carbonyl (C=O) groups is 1. The smallest absolute Gasteiger partial charge is 0.292 e. The summed E-state index contributed by atoms with van der Waals surface area (Å²) in [5.74, 6) is 0.684. The van der Waals surface area contributed by atoms with Crippen molar-refractivity contribution in [2.24, 2.45) is 0 Å². The molecule has 1 aliphatic carbocycles. The minimum atomic E-state index is -0.323. The van der Waals surface area contributed by atoms with Gasteiger partial charge in [-0.05, 0) is 43.2 Å². The topological polar surface area (TPSA) is 56.9 Å². The van der Waals surface area contributed by atoms with E-state index in [0.717, 1.165) is 18.5 Å². The molecule has 0 bridgehead atoms. The van der Waals surface area contributed by atoms with E-state index in [9.17, 15) is 9.59 Å². The van der Waals surface area contributed by atoms with E-state index in [0.29, 0.717) is 16.4 Å². The van der Waals surface area contributed by atoms with Gasteiger partial charge in [0, 0.05) is 16.5 Å². The lowest BCUT2D eigenvalue weighted by Crippen LogP contribution is -2.27. The van der Waals surface area contributed by atoms with Crippen LogP contribution in [0, 0.1) is 0 Å². The molecule has 0 spiro atoms. The van der Waals surface area contributed by atoms with Crippen LogP contribution in [0.15, 0.2) is 53.3 Å². The Kier molecular flexibility index (Phi) is 4.42. The minimum Gasteiger partial charge on any atom is -0.292 e. The van der Waals surface area contributed by atoms with Gasteiger partial charge in [0.1, 0.15) is 12.4 Å². The van der Waals surface area contributed by atoms with E-state index in [1.807, 2.05) is 30.3 Å². The highest BCUT2D eigenvalue weighted by Gasteiger charge is 2.31. The first kappa shape index (κ1) is 17.1. The van der Waals surface area contributed by atoms with Crippen molar-refractivity contribution in [1.29, 1.82) is 0 Å². The van der Waals surface area contributed by atoms with Crippen LogP contribution in [0.2, 0.25) is 10.0 Å². The lowest BCUT2D eigenvalue weighted by molar-refractivity contribution is 0.0966. The summed E-state index contributed by atoms with van der Waals surface area (Å²) in [7, 11) is 0. The number of hydrogen-bond acceptors (Lipinski definition) is 3. The van der Waals surface area contributed by atoms with Crippen molar-refractivity contribution in [2.45, 2.75) is 25.3 Å². The zero-order valence-corrected chi connectivity index (χ0v) is 15.2. The van der Waals surface area contributed by atoms with Gasteiger partial charge >= 0.3 is 5.69 Å². The number of carbonyl (C=O) groups excluding carboxylic acids is 1. The number of rotatable bonds is 5. The van der Waals surface area contributed by atoms with Crippen molar-refractivity contribution in [2.75, 3.05) is 0 Å². The third-order valence-electron chi connectivity index (χ3n) is 4.35. The maximum atomic E-state index is 12.9. The number of hydrogen-bond donors (Lipinski definition) is 0. The molecule has 2 aromatic carbocycles. The number of nitrogens with zero attached hydrogens (tertiary/aromatic N) is 3. The van der Waals surface area contributed by atoms with Crippen molar-refractivity contribution in [3.8, 4) is 5.69 Å². The molecular formula is C19H15Cl2N3O2. The molecule has 1 aliphatic rings. The van der Waals surface area contributed by atoms with Crippen LogP contribution < -0.4 is 5.69 Å². The summed E-state index contributed by atoms with van der Waals surface area (Å²) in [5, 5.41) is 5.15. The molecule has 0 amide bonds. The number of para-hydroxylation sites is 1. The minimum absolute atomic E-state index is 0.167. The van der Waals surface area contributed by atoms with Crippen molar-refractivity contribution < 1.29 is 4.79 Å². The van der Waals surface area contributed by atoms with E-state index in [2.05, 4.69) is 5.10 Å². The Hall–Kier alpha value is -2.37. The van der Waals surface area contributed by atoms with Gasteiger partial charge in [0.2, 0.25) is 0 Å². The van der Waals surface area contributed by atoms with Crippen molar-refractivity contribution in [1.82, 2.24) is 14.3 Å². The second-order valence-corrected chi connectivity index (χ2v) is 7.13. The molecule has 5 nitrogen and oxygen atoms in total. The molecule has 3 aromatic rings.